The van der Waals surface area contributed by atoms with E-state index in [0.717, 1.165) is 5.75 Å². The van der Waals surface area contributed by atoms with Crippen LogP contribution < -0.4 is 10.9 Å². The summed E-state index contributed by atoms with van der Waals surface area (Å²) >= 11 is 1.50. The third kappa shape index (κ3) is 2.67. The molecule has 1 aliphatic rings. The standard InChI is InChI=1S/C15H13N3O3S/c1-9(19)10-2-4-11(5-3-10)17-13(20)12-8-16-15-18(14(12)21)6-7-22-15/h2-5,8H,6-7H2,1H3,(H,17,20). The summed E-state index contributed by atoms with van der Waals surface area (Å²) in [4.78, 5) is 39.8. The summed E-state index contributed by atoms with van der Waals surface area (Å²) in [5.41, 5.74) is 0.776. The first kappa shape index (κ1) is 14.5. The van der Waals surface area contributed by atoms with Gasteiger partial charge in [0.2, 0.25) is 0 Å². The zero-order chi connectivity index (χ0) is 15.7. The number of benzene rings is 1. The summed E-state index contributed by atoms with van der Waals surface area (Å²) in [5.74, 6) is 0.247. The summed E-state index contributed by atoms with van der Waals surface area (Å²) in [6, 6.07) is 6.51. The van der Waals surface area contributed by atoms with Crippen molar-refractivity contribution in [3.8, 4) is 0 Å². The Morgan fingerprint density at radius 1 is 1.27 bits per heavy atom. The molecule has 2 aromatic rings. The van der Waals surface area contributed by atoms with Crippen molar-refractivity contribution in [2.75, 3.05) is 11.1 Å². The number of nitrogens with one attached hydrogen (secondary N) is 1. The van der Waals surface area contributed by atoms with Gasteiger partial charge >= 0.3 is 0 Å². The minimum atomic E-state index is -0.500. The summed E-state index contributed by atoms with van der Waals surface area (Å²) in [5, 5.41) is 3.29. The molecule has 2 heterocycles. The molecular weight excluding hydrogens is 302 g/mol. The number of amides is 1. The van der Waals surface area contributed by atoms with Crippen LogP contribution in [0.4, 0.5) is 5.69 Å². The number of fused-ring (bicyclic) bond motifs is 1. The maximum atomic E-state index is 12.2. The van der Waals surface area contributed by atoms with Crippen molar-refractivity contribution in [3.05, 3.63) is 51.9 Å². The summed E-state index contributed by atoms with van der Waals surface area (Å²) in [6.07, 6.45) is 1.31. The van der Waals surface area contributed by atoms with E-state index in [1.807, 2.05) is 0 Å². The highest BCUT2D eigenvalue weighted by Crippen LogP contribution is 2.20. The van der Waals surface area contributed by atoms with Gasteiger partial charge in [0.1, 0.15) is 5.56 Å². The molecule has 0 saturated heterocycles. The Labute approximate surface area is 130 Å². The van der Waals surface area contributed by atoms with E-state index in [9.17, 15) is 14.4 Å². The molecule has 0 fully saturated rings. The van der Waals surface area contributed by atoms with Crippen LogP contribution in [0.5, 0.6) is 0 Å². The Bertz CT molecular complexity index is 812. The molecule has 112 valence electrons. The lowest BCUT2D eigenvalue weighted by Gasteiger charge is -2.07. The molecular formula is C15H13N3O3S. The molecule has 1 aromatic carbocycles. The lowest BCUT2D eigenvalue weighted by atomic mass is 10.1. The molecule has 6 nitrogen and oxygen atoms in total. The maximum Gasteiger partial charge on any atom is 0.267 e. The van der Waals surface area contributed by atoms with Gasteiger partial charge in [-0.2, -0.15) is 0 Å². The highest BCUT2D eigenvalue weighted by molar-refractivity contribution is 7.99. The maximum absolute atomic E-state index is 12.2. The number of ketones is 1. The lowest BCUT2D eigenvalue weighted by molar-refractivity contribution is 0.101. The molecule has 0 atom stereocenters. The second kappa shape index (κ2) is 5.76. The number of carbonyl (C=O) groups is 2. The van der Waals surface area contributed by atoms with E-state index in [1.54, 1.807) is 24.3 Å². The molecule has 0 aliphatic carbocycles. The first-order chi connectivity index (χ1) is 10.6. The lowest BCUT2D eigenvalue weighted by Crippen LogP contribution is -2.29. The highest BCUT2D eigenvalue weighted by atomic mass is 32.2. The van der Waals surface area contributed by atoms with Crippen LogP contribution in [-0.2, 0) is 6.54 Å². The van der Waals surface area contributed by atoms with Crippen molar-refractivity contribution >= 4 is 29.1 Å². The molecule has 1 aromatic heterocycles. The first-order valence-electron chi connectivity index (χ1n) is 6.71. The number of carbonyl (C=O) groups excluding carboxylic acids is 2. The summed E-state index contributed by atoms with van der Waals surface area (Å²) < 4.78 is 1.51. The van der Waals surface area contributed by atoms with Crippen LogP contribution in [0.2, 0.25) is 0 Å². The number of rotatable bonds is 3. The predicted molar refractivity (Wildman–Crippen MR) is 83.6 cm³/mol. The van der Waals surface area contributed by atoms with Crippen molar-refractivity contribution in [3.63, 3.8) is 0 Å². The van der Waals surface area contributed by atoms with E-state index in [1.165, 1.54) is 29.4 Å². The van der Waals surface area contributed by atoms with Crippen molar-refractivity contribution in [2.45, 2.75) is 18.6 Å². The van der Waals surface area contributed by atoms with Gasteiger partial charge in [-0.05, 0) is 31.2 Å². The Morgan fingerprint density at radius 3 is 2.68 bits per heavy atom. The molecule has 0 radical (unpaired) electrons. The smallest absolute Gasteiger partial charge is 0.267 e. The number of hydrogen-bond acceptors (Lipinski definition) is 5. The van der Waals surface area contributed by atoms with Crippen molar-refractivity contribution < 1.29 is 9.59 Å². The molecule has 0 bridgehead atoms. The number of nitrogens with zero attached hydrogens (tertiary/aromatic N) is 2. The van der Waals surface area contributed by atoms with Crippen LogP contribution in [0.15, 0.2) is 40.4 Å². The van der Waals surface area contributed by atoms with Gasteiger partial charge < -0.3 is 5.32 Å². The van der Waals surface area contributed by atoms with Crippen molar-refractivity contribution in [2.24, 2.45) is 0 Å². The van der Waals surface area contributed by atoms with Crippen molar-refractivity contribution in [1.29, 1.82) is 0 Å². The van der Waals surface area contributed by atoms with Gasteiger partial charge in [0, 0.05) is 29.7 Å². The van der Waals surface area contributed by atoms with Gasteiger partial charge in [-0.25, -0.2) is 4.98 Å². The van der Waals surface area contributed by atoms with Gasteiger partial charge in [-0.15, -0.1) is 0 Å². The van der Waals surface area contributed by atoms with Crippen molar-refractivity contribution in [1.82, 2.24) is 9.55 Å². The zero-order valence-corrected chi connectivity index (χ0v) is 12.6. The number of thioether (sulfide) groups is 1. The summed E-state index contributed by atoms with van der Waals surface area (Å²) in [6.45, 7) is 2.04. The van der Waals surface area contributed by atoms with Gasteiger partial charge in [0.05, 0.1) is 0 Å². The molecule has 1 aliphatic heterocycles. The fourth-order valence-electron chi connectivity index (χ4n) is 2.16. The predicted octanol–water partition coefficient (Wildman–Crippen LogP) is 1.80. The molecule has 3 rings (SSSR count). The zero-order valence-electron chi connectivity index (χ0n) is 11.8. The largest absolute Gasteiger partial charge is 0.322 e. The van der Waals surface area contributed by atoms with Gasteiger partial charge in [-0.1, -0.05) is 11.8 Å². The van der Waals surface area contributed by atoms with Gasteiger partial charge in [0.15, 0.2) is 10.9 Å². The number of aromatic nitrogens is 2. The minimum absolute atomic E-state index is 0.0156. The number of hydrogen-bond donors (Lipinski definition) is 1. The van der Waals surface area contributed by atoms with E-state index in [-0.39, 0.29) is 16.9 Å². The molecule has 1 N–H and O–H groups in total. The molecule has 1 amide bonds. The second-order valence-corrected chi connectivity index (χ2v) is 5.91. The van der Waals surface area contributed by atoms with E-state index < -0.39 is 5.91 Å². The van der Waals surface area contributed by atoms with Crippen LogP contribution in [0.3, 0.4) is 0 Å². The molecule has 0 unspecified atom stereocenters. The fraction of sp³-hybridized carbons (Fsp3) is 0.200. The van der Waals surface area contributed by atoms with E-state index in [0.29, 0.717) is 23.0 Å². The minimum Gasteiger partial charge on any atom is -0.322 e. The quantitative estimate of drug-likeness (QED) is 0.690. The Balaban J connectivity index is 1.83. The average Bonchev–Trinajstić information content (AvgIpc) is 2.97. The topological polar surface area (TPSA) is 81.1 Å². The van der Waals surface area contributed by atoms with E-state index >= 15 is 0 Å². The third-order valence-corrected chi connectivity index (χ3v) is 4.32. The fourth-order valence-corrected chi connectivity index (χ4v) is 3.07. The van der Waals surface area contributed by atoms with Gasteiger partial charge in [0.25, 0.3) is 11.5 Å². The van der Waals surface area contributed by atoms with Crippen LogP contribution in [0.1, 0.15) is 27.6 Å². The van der Waals surface area contributed by atoms with Crippen LogP contribution in [-0.4, -0.2) is 27.0 Å². The van der Waals surface area contributed by atoms with E-state index in [2.05, 4.69) is 10.3 Å². The normalized spacial score (nSPS) is 12.8. The number of Topliss-reactive ketones (excluding diaryl/α,β-unsaturated/α-hetero) is 1. The Morgan fingerprint density at radius 2 is 2.00 bits per heavy atom. The summed E-state index contributed by atoms with van der Waals surface area (Å²) in [7, 11) is 0. The molecule has 0 saturated carbocycles. The monoisotopic (exact) mass is 315 g/mol. The van der Waals surface area contributed by atoms with Crippen LogP contribution in [0, 0.1) is 0 Å². The van der Waals surface area contributed by atoms with E-state index in [4.69, 9.17) is 0 Å². The molecule has 0 spiro atoms. The van der Waals surface area contributed by atoms with Gasteiger partial charge in [-0.3, -0.25) is 19.0 Å². The molecule has 22 heavy (non-hydrogen) atoms. The Hall–Kier alpha value is -2.41. The first-order valence-corrected chi connectivity index (χ1v) is 7.70. The highest BCUT2D eigenvalue weighted by Gasteiger charge is 2.20. The van der Waals surface area contributed by atoms with Crippen LogP contribution in [0.25, 0.3) is 0 Å². The SMILES string of the molecule is CC(=O)c1ccc(NC(=O)c2cnc3n(c2=O)CCS3)cc1. The van der Waals surface area contributed by atoms with Crippen LogP contribution >= 0.6 is 11.8 Å². The second-order valence-electron chi connectivity index (χ2n) is 4.85. The Kier molecular flexibility index (Phi) is 3.81. The average molecular weight is 315 g/mol. The third-order valence-electron chi connectivity index (χ3n) is 3.35. The molecule has 7 heteroatoms. The number of anilines is 1.